The number of rotatable bonds is 42. The van der Waals surface area contributed by atoms with Crippen LogP contribution in [0.1, 0.15) is 219 Å². The van der Waals surface area contributed by atoms with Gasteiger partial charge < -0.3 is 35.0 Å². The molecule has 0 aliphatic carbocycles. The SMILES string of the molecule is CCCCCCCCCC/C=C\CCCCCCCCCCCC([O-])=N[C@@H](CO[C@H]1O[C@@H](CO)[C@@H](O)[C@@H](OS(=O)(=O)O)[C@@H]1O)[C@H](O)/C=C/CCCCCCCCCCCCC. The quantitative estimate of drug-likeness (QED) is 0.0129. The number of hydrogen-bond acceptors (Lipinski definition) is 11. The number of aliphatic hydroxyl groups excluding tert-OH is 4. The second-order valence-electron chi connectivity index (χ2n) is 17.3. The zero-order valence-electron chi connectivity index (χ0n) is 38.4. The van der Waals surface area contributed by atoms with Crippen molar-refractivity contribution in [2.24, 2.45) is 4.99 Å². The zero-order chi connectivity index (χ0) is 44.8. The van der Waals surface area contributed by atoms with Crippen LogP contribution < -0.4 is 5.11 Å². The Labute approximate surface area is 372 Å². The number of allylic oxidation sites excluding steroid dienone is 3. The van der Waals surface area contributed by atoms with Crippen LogP contribution in [0.5, 0.6) is 0 Å². The molecule has 5 N–H and O–H groups in total. The molecule has 0 bridgehead atoms. The molecule has 1 aliphatic rings. The molecule has 0 unspecified atom stereocenters. The van der Waals surface area contributed by atoms with Crippen LogP contribution in [-0.2, 0) is 24.1 Å². The van der Waals surface area contributed by atoms with E-state index in [2.05, 4.69) is 35.2 Å². The molecule has 1 aliphatic heterocycles. The van der Waals surface area contributed by atoms with E-state index < -0.39 is 66.5 Å². The molecule has 360 valence electrons. The maximum absolute atomic E-state index is 13.0. The molecule has 12 nitrogen and oxygen atoms in total. The Morgan fingerprint density at radius 3 is 1.49 bits per heavy atom. The van der Waals surface area contributed by atoms with Gasteiger partial charge in [-0.15, -0.1) is 0 Å². The Bertz CT molecular complexity index is 1200. The first-order valence-corrected chi connectivity index (χ1v) is 26.0. The van der Waals surface area contributed by atoms with E-state index in [1.165, 1.54) is 154 Å². The smallest absolute Gasteiger partial charge is 0.397 e. The molecule has 0 aromatic rings. The van der Waals surface area contributed by atoms with Crippen molar-refractivity contribution in [3.05, 3.63) is 24.3 Å². The van der Waals surface area contributed by atoms with Crippen molar-refractivity contribution in [3.8, 4) is 0 Å². The summed E-state index contributed by atoms with van der Waals surface area (Å²) in [4.78, 5) is 4.25. The average Bonchev–Trinajstić information content (AvgIpc) is 3.23. The molecule has 0 aromatic heterocycles. The number of aliphatic hydroxyl groups is 4. The molecule has 61 heavy (non-hydrogen) atoms. The number of hydrogen-bond donors (Lipinski definition) is 5. The largest absolute Gasteiger partial charge is 0.862 e. The minimum absolute atomic E-state index is 0.212. The van der Waals surface area contributed by atoms with E-state index in [9.17, 15) is 38.5 Å². The van der Waals surface area contributed by atoms with Gasteiger partial charge in [-0.2, -0.15) is 8.42 Å². The van der Waals surface area contributed by atoms with Gasteiger partial charge in [-0.1, -0.05) is 192 Å². The Kier molecular flexibility index (Phi) is 36.8. The van der Waals surface area contributed by atoms with Crippen molar-refractivity contribution in [2.75, 3.05) is 13.2 Å². The Hall–Kier alpha value is -1.42. The fraction of sp³-hybridized carbons (Fsp3) is 0.896. The maximum Gasteiger partial charge on any atom is 0.397 e. The van der Waals surface area contributed by atoms with Crippen LogP contribution in [0, 0.1) is 0 Å². The number of nitrogens with zero attached hydrogens (tertiary/aromatic N) is 1. The van der Waals surface area contributed by atoms with E-state index in [0.717, 1.165) is 38.5 Å². The third kappa shape index (κ3) is 32.0. The summed E-state index contributed by atoms with van der Waals surface area (Å²) in [6, 6.07) is -1.07. The fourth-order valence-electron chi connectivity index (χ4n) is 7.80. The van der Waals surface area contributed by atoms with E-state index in [4.69, 9.17) is 9.47 Å². The first kappa shape index (κ1) is 57.6. The first-order chi connectivity index (χ1) is 29.5. The van der Waals surface area contributed by atoms with Gasteiger partial charge in [0.25, 0.3) is 0 Å². The highest BCUT2D eigenvalue weighted by Gasteiger charge is 2.48. The predicted octanol–water partition coefficient (Wildman–Crippen LogP) is 9.75. The Morgan fingerprint density at radius 2 is 1.07 bits per heavy atom. The highest BCUT2D eigenvalue weighted by molar-refractivity contribution is 7.80. The Balaban J connectivity index is 2.49. The second-order valence-corrected chi connectivity index (χ2v) is 18.4. The van der Waals surface area contributed by atoms with E-state index in [0.29, 0.717) is 6.42 Å². The normalized spacial score (nSPS) is 21.2. The molecule has 0 aromatic carbocycles. The lowest BCUT2D eigenvalue weighted by Gasteiger charge is -2.41. The predicted molar refractivity (Wildman–Crippen MR) is 245 cm³/mol. The zero-order valence-corrected chi connectivity index (χ0v) is 39.2. The van der Waals surface area contributed by atoms with Crippen LogP contribution in [0.25, 0.3) is 0 Å². The van der Waals surface area contributed by atoms with E-state index in [1.807, 2.05) is 6.08 Å². The van der Waals surface area contributed by atoms with Gasteiger partial charge in [0, 0.05) is 0 Å². The van der Waals surface area contributed by atoms with Crippen molar-refractivity contribution in [3.63, 3.8) is 0 Å². The molecule has 0 radical (unpaired) electrons. The summed E-state index contributed by atoms with van der Waals surface area (Å²) in [5, 5.41) is 54.8. The minimum atomic E-state index is -5.09. The van der Waals surface area contributed by atoms with Crippen LogP contribution >= 0.6 is 0 Å². The molecule has 1 rings (SSSR count). The summed E-state index contributed by atoms with van der Waals surface area (Å²) < 4.78 is 47.5. The lowest BCUT2D eigenvalue weighted by atomic mass is 9.99. The lowest BCUT2D eigenvalue weighted by Crippen LogP contribution is -2.60. The molecule has 7 atom stereocenters. The molecular weight excluding hydrogens is 799 g/mol. The van der Waals surface area contributed by atoms with Gasteiger partial charge in [0.1, 0.15) is 30.5 Å². The van der Waals surface area contributed by atoms with Gasteiger partial charge >= 0.3 is 10.4 Å². The maximum atomic E-state index is 13.0. The molecule has 13 heteroatoms. The van der Waals surface area contributed by atoms with Gasteiger partial charge in [0.15, 0.2) is 6.29 Å². The topological polar surface area (TPSA) is 198 Å². The van der Waals surface area contributed by atoms with Gasteiger partial charge in [-0.25, -0.2) is 4.18 Å². The van der Waals surface area contributed by atoms with Crippen molar-refractivity contribution in [1.29, 1.82) is 0 Å². The Morgan fingerprint density at radius 1 is 0.656 bits per heavy atom. The van der Waals surface area contributed by atoms with Crippen LogP contribution in [0.15, 0.2) is 29.3 Å². The summed E-state index contributed by atoms with van der Waals surface area (Å²) in [7, 11) is -5.09. The van der Waals surface area contributed by atoms with Crippen LogP contribution in [0.3, 0.4) is 0 Å². The number of unbranched alkanes of at least 4 members (excludes halogenated alkanes) is 28. The molecule has 1 heterocycles. The number of aliphatic imine (C=N–C) groups is 1. The van der Waals surface area contributed by atoms with Crippen molar-refractivity contribution < 1.29 is 52.2 Å². The van der Waals surface area contributed by atoms with Crippen LogP contribution in [0.4, 0.5) is 0 Å². The highest BCUT2D eigenvalue weighted by Crippen LogP contribution is 2.26. The summed E-state index contributed by atoms with van der Waals surface area (Å²) in [6.07, 6.45) is 36.0. The van der Waals surface area contributed by atoms with E-state index >= 15 is 0 Å². The van der Waals surface area contributed by atoms with Crippen LogP contribution in [0.2, 0.25) is 0 Å². The van der Waals surface area contributed by atoms with Gasteiger partial charge in [-0.3, -0.25) is 9.55 Å². The molecule has 1 fully saturated rings. The summed E-state index contributed by atoms with van der Waals surface area (Å²) in [5.41, 5.74) is 0. The molecule has 0 amide bonds. The second kappa shape index (κ2) is 39.0. The summed E-state index contributed by atoms with van der Waals surface area (Å²) in [6.45, 7) is 3.32. The lowest BCUT2D eigenvalue weighted by molar-refractivity contribution is -0.298. The van der Waals surface area contributed by atoms with Crippen molar-refractivity contribution in [2.45, 2.75) is 262 Å². The molecular formula is C48H90NO11S-. The van der Waals surface area contributed by atoms with E-state index in [1.54, 1.807) is 6.08 Å². The standard InChI is InChI=1S/C48H91NO11S/c1-3-5-7-9-11-13-15-17-18-19-20-21-22-23-24-26-28-30-32-34-36-38-44(52)49-41(42(51)37-35-33-31-29-27-25-16-14-12-10-8-6-4-2)40-58-48-46(54)47(60-61(55,56)57)45(53)43(39-50)59-48/h19-20,35,37,41-43,45-48,50-51,53-54H,3-18,21-34,36,38-40H2,1-2H3,(H,49,52)(H,55,56,57)/p-1/b20-19-,37-35+/t41-,42+,43-,45+,46-,47+,48-/m0/s1. The fourth-order valence-corrected chi connectivity index (χ4v) is 8.31. The van der Waals surface area contributed by atoms with E-state index in [-0.39, 0.29) is 12.3 Å². The van der Waals surface area contributed by atoms with Crippen LogP contribution in [-0.4, -0.2) is 95.4 Å². The molecule has 1 saturated heterocycles. The molecule has 0 spiro atoms. The van der Waals surface area contributed by atoms with Crippen molar-refractivity contribution >= 4 is 16.3 Å². The van der Waals surface area contributed by atoms with Gasteiger partial charge in [-0.05, 0) is 57.3 Å². The van der Waals surface area contributed by atoms with Gasteiger partial charge in [0.2, 0.25) is 0 Å². The van der Waals surface area contributed by atoms with Gasteiger partial charge in [0.05, 0.1) is 19.3 Å². The highest BCUT2D eigenvalue weighted by atomic mass is 32.3. The number of ether oxygens (including phenoxy) is 2. The minimum Gasteiger partial charge on any atom is -0.862 e. The average molecular weight is 889 g/mol. The van der Waals surface area contributed by atoms with Crippen molar-refractivity contribution in [1.82, 2.24) is 0 Å². The third-order valence-corrected chi connectivity index (χ3v) is 12.1. The molecule has 0 saturated carbocycles. The first-order valence-electron chi connectivity index (χ1n) is 24.7. The summed E-state index contributed by atoms with van der Waals surface area (Å²) >= 11 is 0. The third-order valence-electron chi connectivity index (χ3n) is 11.6. The monoisotopic (exact) mass is 889 g/mol. The summed E-state index contributed by atoms with van der Waals surface area (Å²) in [5.74, 6) is -0.389.